The zero-order chi connectivity index (χ0) is 14.6. The van der Waals surface area contributed by atoms with Gasteiger partial charge in [0.2, 0.25) is 5.88 Å². The monoisotopic (exact) mass is 278 g/mol. The molecule has 0 bridgehead atoms. The van der Waals surface area contributed by atoms with Gasteiger partial charge in [-0.25, -0.2) is 4.98 Å². The molecule has 3 heteroatoms. The lowest BCUT2D eigenvalue weighted by Gasteiger charge is -2.09. The van der Waals surface area contributed by atoms with Crippen molar-refractivity contribution < 1.29 is 4.74 Å². The summed E-state index contributed by atoms with van der Waals surface area (Å²) in [6, 6.07) is 6.01. The van der Waals surface area contributed by atoms with Gasteiger partial charge in [0.05, 0.1) is 12.3 Å². The van der Waals surface area contributed by atoms with Gasteiger partial charge < -0.3 is 10.1 Å². The normalized spacial score (nSPS) is 11.0. The maximum Gasteiger partial charge on any atom is 0.213 e. The second-order valence-electron chi connectivity index (χ2n) is 5.75. The third-order valence-corrected chi connectivity index (χ3v) is 3.14. The molecule has 1 N–H and O–H groups in total. The first-order valence-corrected chi connectivity index (χ1v) is 8.01. The second kappa shape index (κ2) is 10.7. The van der Waals surface area contributed by atoms with Gasteiger partial charge in [0.25, 0.3) is 0 Å². The number of pyridine rings is 1. The van der Waals surface area contributed by atoms with Gasteiger partial charge in [-0.1, -0.05) is 52.5 Å². The molecule has 0 saturated heterocycles. The standard InChI is InChI=1S/C17H30N2O/c1-4-5-6-7-8-12-20-17-11-9-10-16(19-17)14-18-13-15(2)3/h9-11,15,18H,4-8,12-14H2,1-3H3. The Bertz CT molecular complexity index is 353. The van der Waals surface area contributed by atoms with E-state index < -0.39 is 0 Å². The van der Waals surface area contributed by atoms with Crippen LogP contribution in [0.15, 0.2) is 18.2 Å². The molecule has 0 unspecified atom stereocenters. The van der Waals surface area contributed by atoms with Gasteiger partial charge in [0, 0.05) is 12.6 Å². The van der Waals surface area contributed by atoms with Crippen LogP contribution < -0.4 is 10.1 Å². The molecule has 0 aliphatic carbocycles. The molecular formula is C17H30N2O. The van der Waals surface area contributed by atoms with Crippen molar-refractivity contribution in [2.75, 3.05) is 13.2 Å². The SMILES string of the molecule is CCCCCCCOc1cccc(CNCC(C)C)n1. The Morgan fingerprint density at radius 1 is 1.15 bits per heavy atom. The molecule has 0 saturated carbocycles. The molecule has 3 nitrogen and oxygen atoms in total. The number of nitrogens with one attached hydrogen (secondary N) is 1. The summed E-state index contributed by atoms with van der Waals surface area (Å²) in [4.78, 5) is 4.52. The Labute approximate surface area is 124 Å². The molecule has 114 valence electrons. The van der Waals surface area contributed by atoms with E-state index in [0.717, 1.165) is 37.7 Å². The minimum atomic E-state index is 0.664. The summed E-state index contributed by atoms with van der Waals surface area (Å²) in [6.45, 7) is 9.26. The zero-order valence-corrected chi connectivity index (χ0v) is 13.3. The van der Waals surface area contributed by atoms with Crippen LogP contribution in [0.4, 0.5) is 0 Å². The van der Waals surface area contributed by atoms with Crippen LogP contribution in [-0.2, 0) is 6.54 Å². The lowest BCUT2D eigenvalue weighted by atomic mass is 10.2. The van der Waals surface area contributed by atoms with Crippen molar-refractivity contribution in [3.63, 3.8) is 0 Å². The molecule has 0 aliphatic rings. The number of ether oxygens (including phenoxy) is 1. The van der Waals surface area contributed by atoms with Crippen molar-refractivity contribution in [1.82, 2.24) is 10.3 Å². The van der Waals surface area contributed by atoms with Crippen molar-refractivity contribution in [3.8, 4) is 5.88 Å². The van der Waals surface area contributed by atoms with Crippen molar-refractivity contribution >= 4 is 0 Å². The van der Waals surface area contributed by atoms with Crippen LogP contribution >= 0.6 is 0 Å². The Hall–Kier alpha value is -1.09. The quantitative estimate of drug-likeness (QED) is 0.617. The van der Waals surface area contributed by atoms with E-state index >= 15 is 0 Å². The van der Waals surface area contributed by atoms with Crippen LogP contribution in [0.5, 0.6) is 5.88 Å². The van der Waals surface area contributed by atoms with Gasteiger partial charge >= 0.3 is 0 Å². The zero-order valence-electron chi connectivity index (χ0n) is 13.3. The Balaban J connectivity index is 2.22. The molecule has 0 radical (unpaired) electrons. The number of rotatable bonds is 11. The molecule has 1 aromatic heterocycles. The van der Waals surface area contributed by atoms with Gasteiger partial charge in [-0.3, -0.25) is 0 Å². The first-order valence-electron chi connectivity index (χ1n) is 8.01. The summed E-state index contributed by atoms with van der Waals surface area (Å²) in [5.41, 5.74) is 1.05. The van der Waals surface area contributed by atoms with E-state index in [4.69, 9.17) is 4.74 Å². The third-order valence-electron chi connectivity index (χ3n) is 3.14. The maximum atomic E-state index is 5.72. The smallest absolute Gasteiger partial charge is 0.213 e. The van der Waals surface area contributed by atoms with Crippen LogP contribution in [0.3, 0.4) is 0 Å². The molecule has 1 heterocycles. The third kappa shape index (κ3) is 8.16. The summed E-state index contributed by atoms with van der Waals surface area (Å²) in [7, 11) is 0. The van der Waals surface area contributed by atoms with Crippen LogP contribution in [-0.4, -0.2) is 18.1 Å². The lowest BCUT2D eigenvalue weighted by Crippen LogP contribution is -2.19. The largest absolute Gasteiger partial charge is 0.478 e. The predicted octanol–water partition coefficient (Wildman–Crippen LogP) is 4.18. The summed E-state index contributed by atoms with van der Waals surface area (Å²) in [6.07, 6.45) is 6.30. The Morgan fingerprint density at radius 2 is 1.95 bits per heavy atom. The molecule has 0 atom stereocenters. The van der Waals surface area contributed by atoms with E-state index in [0.29, 0.717) is 5.92 Å². The second-order valence-corrected chi connectivity index (χ2v) is 5.75. The molecule has 0 aliphatic heterocycles. The van der Waals surface area contributed by atoms with Crippen molar-refractivity contribution in [3.05, 3.63) is 23.9 Å². The van der Waals surface area contributed by atoms with Crippen LogP contribution in [0, 0.1) is 5.92 Å². The first kappa shape index (κ1) is 17.0. The predicted molar refractivity (Wildman–Crippen MR) is 85.0 cm³/mol. The van der Waals surface area contributed by atoms with E-state index in [-0.39, 0.29) is 0 Å². The lowest BCUT2D eigenvalue weighted by molar-refractivity contribution is 0.292. The highest BCUT2D eigenvalue weighted by Crippen LogP contribution is 2.09. The fourth-order valence-corrected chi connectivity index (χ4v) is 2.01. The number of nitrogens with zero attached hydrogens (tertiary/aromatic N) is 1. The Kier molecular flexibility index (Phi) is 9.05. The summed E-state index contributed by atoms with van der Waals surface area (Å²) in [5.74, 6) is 1.42. The molecule has 1 rings (SSSR count). The molecule has 1 aromatic rings. The number of hydrogen-bond donors (Lipinski definition) is 1. The van der Waals surface area contributed by atoms with Gasteiger partial charge in [0.1, 0.15) is 0 Å². The van der Waals surface area contributed by atoms with E-state index in [1.165, 1.54) is 25.7 Å². The average molecular weight is 278 g/mol. The summed E-state index contributed by atoms with van der Waals surface area (Å²) < 4.78 is 5.72. The topological polar surface area (TPSA) is 34.1 Å². The van der Waals surface area contributed by atoms with E-state index in [9.17, 15) is 0 Å². The van der Waals surface area contributed by atoms with Gasteiger partial charge in [-0.15, -0.1) is 0 Å². The van der Waals surface area contributed by atoms with Crippen LogP contribution in [0.1, 0.15) is 58.6 Å². The van der Waals surface area contributed by atoms with E-state index in [1.54, 1.807) is 0 Å². The Morgan fingerprint density at radius 3 is 2.70 bits per heavy atom. The number of aromatic nitrogens is 1. The van der Waals surface area contributed by atoms with E-state index in [2.05, 4.69) is 31.1 Å². The van der Waals surface area contributed by atoms with Crippen molar-refractivity contribution in [2.24, 2.45) is 5.92 Å². The molecule has 0 fully saturated rings. The molecule has 0 aromatic carbocycles. The number of unbranched alkanes of at least 4 members (excludes halogenated alkanes) is 4. The fraction of sp³-hybridized carbons (Fsp3) is 0.706. The van der Waals surface area contributed by atoms with Crippen LogP contribution in [0.2, 0.25) is 0 Å². The van der Waals surface area contributed by atoms with Crippen molar-refractivity contribution in [2.45, 2.75) is 59.4 Å². The maximum absolute atomic E-state index is 5.72. The molecule has 0 spiro atoms. The first-order chi connectivity index (χ1) is 9.72. The molecule has 0 amide bonds. The fourth-order valence-electron chi connectivity index (χ4n) is 2.01. The minimum absolute atomic E-state index is 0.664. The minimum Gasteiger partial charge on any atom is -0.478 e. The molecule has 20 heavy (non-hydrogen) atoms. The molecular weight excluding hydrogens is 248 g/mol. The van der Waals surface area contributed by atoms with Gasteiger partial charge in [0.15, 0.2) is 0 Å². The van der Waals surface area contributed by atoms with Gasteiger partial charge in [-0.2, -0.15) is 0 Å². The van der Waals surface area contributed by atoms with Crippen LogP contribution in [0.25, 0.3) is 0 Å². The average Bonchev–Trinajstić information content (AvgIpc) is 2.43. The summed E-state index contributed by atoms with van der Waals surface area (Å²) >= 11 is 0. The highest BCUT2D eigenvalue weighted by Gasteiger charge is 2.00. The van der Waals surface area contributed by atoms with E-state index in [1.807, 2.05) is 18.2 Å². The van der Waals surface area contributed by atoms with Gasteiger partial charge in [-0.05, 0) is 24.9 Å². The highest BCUT2D eigenvalue weighted by molar-refractivity contribution is 5.15. The summed E-state index contributed by atoms with van der Waals surface area (Å²) in [5, 5.41) is 3.40. The number of hydrogen-bond acceptors (Lipinski definition) is 3. The van der Waals surface area contributed by atoms with Crippen molar-refractivity contribution in [1.29, 1.82) is 0 Å². The highest BCUT2D eigenvalue weighted by atomic mass is 16.5.